The summed E-state index contributed by atoms with van der Waals surface area (Å²) in [5.41, 5.74) is 9.30. The second-order valence-corrected chi connectivity index (χ2v) is 3.28. The van der Waals surface area contributed by atoms with E-state index in [1.807, 2.05) is 0 Å². The maximum Gasteiger partial charge on any atom is 0.0754 e. The van der Waals surface area contributed by atoms with E-state index in [1.54, 1.807) is 0 Å². The Labute approximate surface area is 80.0 Å². The number of nitrogens with two attached hydrogens (primary N) is 1. The van der Waals surface area contributed by atoms with Crippen molar-refractivity contribution in [3.63, 3.8) is 0 Å². The van der Waals surface area contributed by atoms with E-state index in [0.29, 0.717) is 6.42 Å². The fourth-order valence-electron chi connectivity index (χ4n) is 1.37. The third kappa shape index (κ3) is 2.61. The summed E-state index contributed by atoms with van der Waals surface area (Å²) in [6.45, 7) is 4.11. The molecule has 1 aromatic carbocycles. The number of benzene rings is 1. The quantitative estimate of drug-likeness (QED) is 0.680. The van der Waals surface area contributed by atoms with Crippen molar-refractivity contribution in [3.05, 3.63) is 40.9 Å². The number of hydrogen-bond acceptors (Lipinski definition) is 1. The lowest BCUT2D eigenvalue weighted by atomic mass is 10.0. The lowest BCUT2D eigenvalue weighted by molar-refractivity contribution is 1.01. The van der Waals surface area contributed by atoms with Gasteiger partial charge in [0, 0.05) is 6.42 Å². The Hall–Kier alpha value is -1.26. The molecule has 0 aliphatic heterocycles. The minimum Gasteiger partial charge on any atom is -0.319 e. The van der Waals surface area contributed by atoms with Crippen molar-refractivity contribution in [3.8, 4) is 12.3 Å². The highest BCUT2D eigenvalue weighted by molar-refractivity contribution is 5.37. The Kier molecular flexibility index (Phi) is 3.11. The van der Waals surface area contributed by atoms with Crippen molar-refractivity contribution in [2.75, 3.05) is 0 Å². The highest BCUT2D eigenvalue weighted by atomic mass is 14.6. The maximum atomic E-state index is 5.82. The standard InChI is InChI=1S/C12H14N/c1-4-5-12(13)11-7-9(2)6-10(3)8-11/h1,6-8H,5,13H2,2-3H3. The van der Waals surface area contributed by atoms with E-state index in [9.17, 15) is 0 Å². The third-order valence-corrected chi connectivity index (χ3v) is 1.88. The normalized spacial score (nSPS) is 10.1. The lowest BCUT2D eigenvalue weighted by Crippen LogP contribution is -2.10. The van der Waals surface area contributed by atoms with Crippen LogP contribution in [0.1, 0.15) is 23.1 Å². The van der Waals surface area contributed by atoms with E-state index in [4.69, 9.17) is 12.2 Å². The Morgan fingerprint density at radius 2 is 1.85 bits per heavy atom. The van der Waals surface area contributed by atoms with Gasteiger partial charge in [0.15, 0.2) is 0 Å². The summed E-state index contributed by atoms with van der Waals surface area (Å²) in [4.78, 5) is 0. The molecule has 1 heteroatoms. The molecule has 0 fully saturated rings. The molecule has 0 aliphatic rings. The topological polar surface area (TPSA) is 26.0 Å². The number of rotatable bonds is 2. The molecule has 1 radical (unpaired) electrons. The summed E-state index contributed by atoms with van der Waals surface area (Å²) in [6, 6.07) is 7.00. The van der Waals surface area contributed by atoms with Crippen molar-refractivity contribution >= 4 is 0 Å². The molecule has 0 amide bonds. The van der Waals surface area contributed by atoms with Gasteiger partial charge in [-0.1, -0.05) is 29.3 Å². The van der Waals surface area contributed by atoms with Crippen LogP contribution in [-0.4, -0.2) is 0 Å². The van der Waals surface area contributed by atoms with E-state index >= 15 is 0 Å². The Bertz CT molecular complexity index is 313. The highest BCUT2D eigenvalue weighted by Crippen LogP contribution is 2.16. The first-order chi connectivity index (χ1) is 6.13. The maximum absolute atomic E-state index is 5.82. The van der Waals surface area contributed by atoms with Gasteiger partial charge in [0.2, 0.25) is 0 Å². The van der Waals surface area contributed by atoms with E-state index < -0.39 is 0 Å². The number of hydrogen-bond donors (Lipinski definition) is 1. The molecule has 67 valence electrons. The molecule has 1 nitrogen and oxygen atoms in total. The number of terminal acetylenes is 1. The largest absolute Gasteiger partial charge is 0.319 e. The van der Waals surface area contributed by atoms with Gasteiger partial charge in [-0.3, -0.25) is 0 Å². The molecular weight excluding hydrogens is 158 g/mol. The van der Waals surface area contributed by atoms with Crippen LogP contribution < -0.4 is 5.73 Å². The summed E-state index contributed by atoms with van der Waals surface area (Å²) in [5.74, 6) is 2.54. The molecule has 0 spiro atoms. The van der Waals surface area contributed by atoms with Crippen LogP contribution in [0, 0.1) is 32.2 Å². The molecule has 13 heavy (non-hydrogen) atoms. The second kappa shape index (κ2) is 4.11. The van der Waals surface area contributed by atoms with Gasteiger partial charge in [-0.2, -0.15) is 0 Å². The first kappa shape index (κ1) is 9.83. The first-order valence-corrected chi connectivity index (χ1v) is 4.27. The van der Waals surface area contributed by atoms with Gasteiger partial charge in [0.05, 0.1) is 6.04 Å². The van der Waals surface area contributed by atoms with Crippen LogP contribution in [0.15, 0.2) is 18.2 Å². The second-order valence-electron chi connectivity index (χ2n) is 3.28. The lowest BCUT2D eigenvalue weighted by Gasteiger charge is -2.09. The zero-order valence-corrected chi connectivity index (χ0v) is 8.09. The monoisotopic (exact) mass is 172 g/mol. The predicted molar refractivity (Wildman–Crippen MR) is 55.9 cm³/mol. The van der Waals surface area contributed by atoms with E-state index in [0.717, 1.165) is 11.6 Å². The van der Waals surface area contributed by atoms with E-state index in [-0.39, 0.29) is 0 Å². The summed E-state index contributed by atoms with van der Waals surface area (Å²) in [5, 5.41) is 0. The van der Waals surface area contributed by atoms with Gasteiger partial charge in [-0.15, -0.1) is 12.3 Å². The molecule has 0 saturated heterocycles. The van der Waals surface area contributed by atoms with Crippen LogP contribution >= 0.6 is 0 Å². The highest BCUT2D eigenvalue weighted by Gasteiger charge is 2.05. The van der Waals surface area contributed by atoms with Gasteiger partial charge in [-0.05, 0) is 19.4 Å². The number of aryl methyl sites for hydroxylation is 2. The molecule has 0 bridgehead atoms. The molecule has 2 N–H and O–H groups in total. The summed E-state index contributed by atoms with van der Waals surface area (Å²) >= 11 is 0. The van der Waals surface area contributed by atoms with Crippen LogP contribution in [0.5, 0.6) is 0 Å². The van der Waals surface area contributed by atoms with E-state index in [1.165, 1.54) is 11.1 Å². The van der Waals surface area contributed by atoms with Gasteiger partial charge < -0.3 is 5.73 Å². The SMILES string of the molecule is C#CC[C](N)c1cc(C)cc(C)c1. The molecule has 0 heterocycles. The summed E-state index contributed by atoms with van der Waals surface area (Å²) < 4.78 is 0. The molecule has 1 aromatic rings. The average Bonchev–Trinajstić information content (AvgIpc) is 2.03. The average molecular weight is 172 g/mol. The molecule has 0 saturated carbocycles. The van der Waals surface area contributed by atoms with Crippen molar-refractivity contribution in [1.82, 2.24) is 0 Å². The Morgan fingerprint density at radius 3 is 2.31 bits per heavy atom. The van der Waals surface area contributed by atoms with Crippen molar-refractivity contribution in [2.24, 2.45) is 5.73 Å². The van der Waals surface area contributed by atoms with Crippen molar-refractivity contribution in [1.29, 1.82) is 0 Å². The van der Waals surface area contributed by atoms with Crippen LogP contribution in [-0.2, 0) is 0 Å². The fraction of sp³-hybridized carbons (Fsp3) is 0.250. The van der Waals surface area contributed by atoms with Crippen LogP contribution in [0.4, 0.5) is 0 Å². The molecule has 0 unspecified atom stereocenters. The van der Waals surface area contributed by atoms with E-state index in [2.05, 4.69) is 38.0 Å². The van der Waals surface area contributed by atoms with Crippen LogP contribution in [0.3, 0.4) is 0 Å². The molecule has 1 rings (SSSR count). The smallest absolute Gasteiger partial charge is 0.0754 e. The van der Waals surface area contributed by atoms with Crippen molar-refractivity contribution in [2.45, 2.75) is 20.3 Å². The predicted octanol–water partition coefficient (Wildman–Crippen LogP) is 2.17. The van der Waals surface area contributed by atoms with Crippen LogP contribution in [0.25, 0.3) is 0 Å². The molecule has 0 atom stereocenters. The van der Waals surface area contributed by atoms with Gasteiger partial charge >= 0.3 is 0 Å². The fourth-order valence-corrected chi connectivity index (χ4v) is 1.37. The minimum absolute atomic E-state index is 0.517. The van der Waals surface area contributed by atoms with Crippen molar-refractivity contribution < 1.29 is 0 Å². The first-order valence-electron chi connectivity index (χ1n) is 4.27. The molecular formula is C12H14N. The van der Waals surface area contributed by atoms with Gasteiger partial charge in [-0.25, -0.2) is 0 Å². The Morgan fingerprint density at radius 1 is 1.31 bits per heavy atom. The zero-order chi connectivity index (χ0) is 9.84. The molecule has 0 aliphatic carbocycles. The zero-order valence-electron chi connectivity index (χ0n) is 8.09. The minimum atomic E-state index is 0.517. The third-order valence-electron chi connectivity index (χ3n) is 1.88. The van der Waals surface area contributed by atoms with Gasteiger partial charge in [0.1, 0.15) is 0 Å². The summed E-state index contributed by atoms with van der Waals surface area (Å²) in [6.07, 6.45) is 5.71. The molecule has 0 aromatic heterocycles. The van der Waals surface area contributed by atoms with Gasteiger partial charge in [0.25, 0.3) is 0 Å². The Balaban J connectivity index is 2.95. The summed E-state index contributed by atoms with van der Waals surface area (Å²) in [7, 11) is 0. The van der Waals surface area contributed by atoms with Crippen LogP contribution in [0.2, 0.25) is 0 Å².